The van der Waals surface area contributed by atoms with Crippen molar-refractivity contribution in [2.45, 2.75) is 71.5 Å². The SMILES string of the molecule is COc1cc(Br)cc(C([C@@H]2C(=O)CC(C)(C)C[C@H]2O)[C@@H]2C(=O)CC(C)(C)C[C@@H]2O)c1O. The summed E-state index contributed by atoms with van der Waals surface area (Å²) in [4.78, 5) is 26.6. The number of hydrogen-bond acceptors (Lipinski definition) is 6. The van der Waals surface area contributed by atoms with Crippen molar-refractivity contribution < 1.29 is 29.6 Å². The number of carbonyl (C=O) groups excluding carboxylic acids is 2. The van der Waals surface area contributed by atoms with Crippen LogP contribution < -0.4 is 4.74 Å². The van der Waals surface area contributed by atoms with Gasteiger partial charge in [-0.15, -0.1) is 0 Å². The summed E-state index contributed by atoms with van der Waals surface area (Å²) in [7, 11) is 1.42. The Morgan fingerprint density at radius 2 is 1.42 bits per heavy atom. The highest BCUT2D eigenvalue weighted by Gasteiger charge is 2.52. The Labute approximate surface area is 192 Å². The Morgan fingerprint density at radius 1 is 0.968 bits per heavy atom. The minimum atomic E-state index is -0.986. The fraction of sp³-hybridized carbons (Fsp3) is 0.667. The number of halogens is 1. The van der Waals surface area contributed by atoms with Gasteiger partial charge in [-0.1, -0.05) is 43.6 Å². The van der Waals surface area contributed by atoms with Gasteiger partial charge in [0.25, 0.3) is 0 Å². The second kappa shape index (κ2) is 8.49. The summed E-state index contributed by atoms with van der Waals surface area (Å²) in [5.41, 5.74) is -0.377. The predicted octanol–water partition coefficient (Wildman–Crippen LogP) is 3.98. The predicted molar refractivity (Wildman–Crippen MR) is 120 cm³/mol. The van der Waals surface area contributed by atoms with E-state index in [1.54, 1.807) is 12.1 Å². The molecule has 3 rings (SSSR count). The normalized spacial score (nSPS) is 31.4. The van der Waals surface area contributed by atoms with Gasteiger partial charge in [-0.3, -0.25) is 9.59 Å². The third-order valence-corrected chi connectivity index (χ3v) is 7.28. The number of Topliss-reactive ketones (excluding diaryl/α,β-unsaturated/α-hetero) is 2. The van der Waals surface area contributed by atoms with E-state index in [2.05, 4.69) is 15.9 Å². The molecule has 0 saturated heterocycles. The van der Waals surface area contributed by atoms with E-state index in [0.717, 1.165) is 0 Å². The fourth-order valence-electron chi connectivity index (χ4n) is 5.63. The molecule has 3 N–H and O–H groups in total. The maximum absolute atomic E-state index is 13.3. The molecule has 2 fully saturated rings. The first-order valence-corrected chi connectivity index (χ1v) is 11.5. The van der Waals surface area contributed by atoms with Gasteiger partial charge in [0.2, 0.25) is 0 Å². The monoisotopic (exact) mass is 496 g/mol. The summed E-state index contributed by atoms with van der Waals surface area (Å²) in [6.45, 7) is 7.73. The number of carbonyl (C=O) groups is 2. The number of ketones is 2. The fourth-order valence-corrected chi connectivity index (χ4v) is 6.09. The third-order valence-electron chi connectivity index (χ3n) is 6.82. The van der Waals surface area contributed by atoms with Crippen molar-refractivity contribution in [1.29, 1.82) is 0 Å². The molecule has 1 unspecified atom stereocenters. The number of methoxy groups -OCH3 is 1. The van der Waals surface area contributed by atoms with Crippen LogP contribution in [-0.2, 0) is 9.59 Å². The number of ether oxygens (including phenoxy) is 1. The Bertz CT molecular complexity index is 835. The van der Waals surface area contributed by atoms with Gasteiger partial charge in [0.05, 0.1) is 31.2 Å². The lowest BCUT2D eigenvalue weighted by atomic mass is 9.58. The van der Waals surface area contributed by atoms with Crippen molar-refractivity contribution in [3.05, 3.63) is 22.2 Å². The first-order chi connectivity index (χ1) is 14.3. The molecular weight excluding hydrogens is 464 g/mol. The molecule has 0 heterocycles. The molecule has 2 saturated carbocycles. The molecule has 6 nitrogen and oxygen atoms in total. The second-order valence-corrected chi connectivity index (χ2v) is 11.7. The van der Waals surface area contributed by atoms with Gasteiger partial charge in [-0.05, 0) is 35.8 Å². The molecule has 2 aliphatic carbocycles. The minimum absolute atomic E-state index is 0.156. The van der Waals surface area contributed by atoms with E-state index in [4.69, 9.17) is 4.74 Å². The van der Waals surface area contributed by atoms with Crippen molar-refractivity contribution in [2.24, 2.45) is 22.7 Å². The van der Waals surface area contributed by atoms with Crippen LogP contribution in [-0.4, -0.2) is 46.2 Å². The van der Waals surface area contributed by atoms with Gasteiger partial charge >= 0.3 is 0 Å². The van der Waals surface area contributed by atoms with E-state index >= 15 is 0 Å². The molecular formula is C24H33BrO6. The maximum atomic E-state index is 13.3. The molecule has 2 aliphatic rings. The highest BCUT2D eigenvalue weighted by atomic mass is 79.9. The number of aliphatic hydroxyl groups excluding tert-OH is 2. The van der Waals surface area contributed by atoms with Crippen molar-refractivity contribution in [1.82, 2.24) is 0 Å². The number of aromatic hydroxyl groups is 1. The number of hydrogen-bond donors (Lipinski definition) is 3. The summed E-state index contributed by atoms with van der Waals surface area (Å²) in [5, 5.41) is 33.1. The van der Waals surface area contributed by atoms with Crippen LogP contribution in [0.15, 0.2) is 16.6 Å². The smallest absolute Gasteiger partial charge is 0.161 e. The van der Waals surface area contributed by atoms with Crippen molar-refractivity contribution in [2.75, 3.05) is 7.11 Å². The largest absolute Gasteiger partial charge is 0.504 e. The summed E-state index contributed by atoms with van der Waals surface area (Å²) in [6.07, 6.45) is -0.650. The quantitative estimate of drug-likeness (QED) is 0.582. The van der Waals surface area contributed by atoms with E-state index < -0.39 is 30.0 Å². The van der Waals surface area contributed by atoms with Gasteiger partial charge in [-0.2, -0.15) is 0 Å². The van der Waals surface area contributed by atoms with E-state index in [-0.39, 0.29) is 46.7 Å². The van der Waals surface area contributed by atoms with Crippen LogP contribution in [0.1, 0.15) is 64.9 Å². The molecule has 172 valence electrons. The van der Waals surface area contributed by atoms with Crippen LogP contribution >= 0.6 is 15.9 Å². The van der Waals surface area contributed by atoms with Crippen LogP contribution in [0.4, 0.5) is 0 Å². The van der Waals surface area contributed by atoms with Crippen LogP contribution in [0.2, 0.25) is 0 Å². The molecule has 0 radical (unpaired) electrons. The first-order valence-electron chi connectivity index (χ1n) is 10.7. The molecule has 0 amide bonds. The number of aliphatic hydroxyl groups is 2. The minimum Gasteiger partial charge on any atom is -0.504 e. The average Bonchev–Trinajstić information content (AvgIpc) is 2.58. The van der Waals surface area contributed by atoms with E-state index in [9.17, 15) is 24.9 Å². The van der Waals surface area contributed by atoms with Crippen LogP contribution in [0.5, 0.6) is 11.5 Å². The molecule has 31 heavy (non-hydrogen) atoms. The zero-order valence-corrected chi connectivity index (χ0v) is 20.4. The number of benzene rings is 1. The molecule has 0 aliphatic heterocycles. The Hall–Kier alpha value is -1.44. The summed E-state index contributed by atoms with van der Waals surface area (Å²) in [5.74, 6) is -2.95. The molecule has 0 spiro atoms. The second-order valence-electron chi connectivity index (χ2n) is 10.8. The molecule has 7 heteroatoms. The Morgan fingerprint density at radius 3 is 1.81 bits per heavy atom. The van der Waals surface area contributed by atoms with Gasteiger partial charge in [0, 0.05) is 28.8 Å². The van der Waals surface area contributed by atoms with Crippen LogP contribution in [0.3, 0.4) is 0 Å². The van der Waals surface area contributed by atoms with E-state index in [1.165, 1.54) is 7.11 Å². The third kappa shape index (κ3) is 4.83. The van der Waals surface area contributed by atoms with Crippen LogP contribution in [0, 0.1) is 22.7 Å². The first kappa shape index (κ1) is 24.2. The van der Waals surface area contributed by atoms with Gasteiger partial charge in [0.1, 0.15) is 11.6 Å². The topological polar surface area (TPSA) is 104 Å². The Kier molecular flexibility index (Phi) is 6.63. The van der Waals surface area contributed by atoms with E-state index in [1.807, 2.05) is 27.7 Å². The van der Waals surface area contributed by atoms with E-state index in [0.29, 0.717) is 22.9 Å². The highest BCUT2D eigenvalue weighted by Crippen LogP contribution is 2.52. The number of rotatable bonds is 4. The zero-order valence-electron chi connectivity index (χ0n) is 18.8. The standard InChI is InChI=1S/C24H33BrO6/c1-23(2)8-14(26)20(15(27)9-23)19(13-6-12(25)7-18(31-5)22(13)30)21-16(28)10-24(3,4)11-17(21)29/h6-7,14,16,19-21,26,28,30H,8-11H2,1-5H3/t14-,16+,19?,20-,21-/m0/s1. The molecule has 0 bridgehead atoms. The number of phenols is 1. The maximum Gasteiger partial charge on any atom is 0.161 e. The molecule has 5 atom stereocenters. The summed E-state index contributed by atoms with van der Waals surface area (Å²) in [6, 6.07) is 3.25. The number of phenolic OH excluding ortho intramolecular Hbond substituents is 1. The van der Waals surface area contributed by atoms with Gasteiger partial charge in [0.15, 0.2) is 11.5 Å². The lowest BCUT2D eigenvalue weighted by Gasteiger charge is -2.46. The van der Waals surface area contributed by atoms with Gasteiger partial charge < -0.3 is 20.1 Å². The van der Waals surface area contributed by atoms with Crippen molar-refractivity contribution in [3.8, 4) is 11.5 Å². The summed E-state index contributed by atoms with van der Waals surface area (Å²) < 4.78 is 5.90. The lowest BCUT2D eigenvalue weighted by Crippen LogP contribution is -2.51. The lowest BCUT2D eigenvalue weighted by molar-refractivity contribution is -0.144. The van der Waals surface area contributed by atoms with Crippen molar-refractivity contribution >= 4 is 27.5 Å². The Balaban J connectivity index is 2.18. The molecule has 1 aromatic rings. The van der Waals surface area contributed by atoms with Crippen molar-refractivity contribution in [3.63, 3.8) is 0 Å². The average molecular weight is 497 g/mol. The molecule has 0 aromatic heterocycles. The van der Waals surface area contributed by atoms with Crippen LogP contribution in [0.25, 0.3) is 0 Å². The van der Waals surface area contributed by atoms with Gasteiger partial charge in [-0.25, -0.2) is 0 Å². The zero-order chi connectivity index (χ0) is 23.3. The molecule has 1 aromatic carbocycles. The summed E-state index contributed by atoms with van der Waals surface area (Å²) >= 11 is 3.42. The highest BCUT2D eigenvalue weighted by molar-refractivity contribution is 9.10.